The highest BCUT2D eigenvalue weighted by atomic mass is 16.7. The molecule has 1 fully saturated rings. The zero-order valence-electron chi connectivity index (χ0n) is 15.9. The van der Waals surface area contributed by atoms with Crippen molar-refractivity contribution >= 4 is 17.5 Å². The van der Waals surface area contributed by atoms with Gasteiger partial charge in [0.25, 0.3) is 0 Å². The van der Waals surface area contributed by atoms with Gasteiger partial charge in [0.15, 0.2) is 11.5 Å². The lowest BCUT2D eigenvalue weighted by atomic mass is 10.1. The molecule has 0 aliphatic carbocycles. The summed E-state index contributed by atoms with van der Waals surface area (Å²) >= 11 is 0. The topological polar surface area (TPSA) is 89.1 Å². The molecule has 2 amide bonds. The summed E-state index contributed by atoms with van der Waals surface area (Å²) in [4.78, 5) is 26.4. The number of fused-ring (bicyclic) bond motifs is 1. The van der Waals surface area contributed by atoms with Gasteiger partial charge in [-0.15, -0.1) is 0 Å². The summed E-state index contributed by atoms with van der Waals surface area (Å²) in [6, 6.07) is 15.1. The van der Waals surface area contributed by atoms with Gasteiger partial charge in [-0.05, 0) is 17.7 Å². The molecule has 8 heteroatoms. The maximum Gasteiger partial charge on any atom is 0.313 e. The van der Waals surface area contributed by atoms with Gasteiger partial charge in [0, 0.05) is 37.9 Å². The maximum atomic E-state index is 12.1. The van der Waals surface area contributed by atoms with E-state index in [1.54, 1.807) is 18.2 Å². The zero-order chi connectivity index (χ0) is 20.1. The normalized spacial score (nSPS) is 18.3. The predicted octanol–water partition coefficient (Wildman–Crippen LogP) is 1.54. The van der Waals surface area contributed by atoms with Crippen LogP contribution in [-0.4, -0.2) is 56.3 Å². The molecule has 152 valence electrons. The van der Waals surface area contributed by atoms with E-state index in [9.17, 15) is 9.59 Å². The highest BCUT2D eigenvalue weighted by Gasteiger charge is 2.22. The van der Waals surface area contributed by atoms with Crippen LogP contribution in [0.4, 0.5) is 5.69 Å². The van der Waals surface area contributed by atoms with Crippen molar-refractivity contribution in [2.45, 2.75) is 6.10 Å². The molecule has 0 radical (unpaired) electrons. The highest BCUT2D eigenvalue weighted by Crippen LogP contribution is 2.34. The van der Waals surface area contributed by atoms with Gasteiger partial charge in [-0.2, -0.15) is 0 Å². The molecule has 2 heterocycles. The van der Waals surface area contributed by atoms with Crippen LogP contribution in [0.1, 0.15) is 11.7 Å². The summed E-state index contributed by atoms with van der Waals surface area (Å²) in [7, 11) is 0. The molecule has 2 aromatic carbocycles. The molecule has 0 aromatic heterocycles. The molecule has 8 nitrogen and oxygen atoms in total. The van der Waals surface area contributed by atoms with Gasteiger partial charge in [0.05, 0.1) is 12.7 Å². The number of anilines is 1. The Balaban J connectivity index is 1.22. The molecule has 0 spiro atoms. The van der Waals surface area contributed by atoms with Crippen molar-refractivity contribution in [3.63, 3.8) is 0 Å². The lowest BCUT2D eigenvalue weighted by molar-refractivity contribution is -0.136. The van der Waals surface area contributed by atoms with Gasteiger partial charge in [0.1, 0.15) is 0 Å². The SMILES string of the molecule is O=C(NCCN1CCOC(c2ccccc2)C1)C(=O)Nc1ccc2c(c1)OCO2. The van der Waals surface area contributed by atoms with Crippen LogP contribution in [-0.2, 0) is 14.3 Å². The number of hydrogen-bond acceptors (Lipinski definition) is 6. The number of nitrogens with zero attached hydrogens (tertiary/aromatic N) is 1. The molecule has 2 N–H and O–H groups in total. The zero-order valence-corrected chi connectivity index (χ0v) is 15.9. The lowest BCUT2D eigenvalue weighted by Gasteiger charge is -2.33. The Morgan fingerprint density at radius 1 is 1.03 bits per heavy atom. The summed E-state index contributed by atoms with van der Waals surface area (Å²) in [5.74, 6) is -0.223. The van der Waals surface area contributed by atoms with Crippen LogP contribution in [0.25, 0.3) is 0 Å². The monoisotopic (exact) mass is 397 g/mol. The van der Waals surface area contributed by atoms with E-state index in [-0.39, 0.29) is 12.9 Å². The fraction of sp³-hybridized carbons (Fsp3) is 0.333. The second-order valence-electron chi connectivity index (χ2n) is 6.85. The molecule has 0 bridgehead atoms. The van der Waals surface area contributed by atoms with Crippen molar-refractivity contribution in [1.82, 2.24) is 10.2 Å². The average Bonchev–Trinajstić information content (AvgIpc) is 3.22. The Hall–Kier alpha value is -3.10. The molecule has 4 rings (SSSR count). The summed E-state index contributed by atoms with van der Waals surface area (Å²) in [5.41, 5.74) is 1.62. The first kappa shape index (κ1) is 19.2. The van der Waals surface area contributed by atoms with Crippen molar-refractivity contribution in [2.24, 2.45) is 0 Å². The predicted molar refractivity (Wildman–Crippen MR) is 106 cm³/mol. The third-order valence-electron chi connectivity index (χ3n) is 4.87. The van der Waals surface area contributed by atoms with Crippen LogP contribution in [0, 0.1) is 0 Å². The molecule has 2 aliphatic heterocycles. The van der Waals surface area contributed by atoms with E-state index >= 15 is 0 Å². The first-order chi connectivity index (χ1) is 14.2. The smallest absolute Gasteiger partial charge is 0.313 e. The van der Waals surface area contributed by atoms with Gasteiger partial charge >= 0.3 is 11.8 Å². The molecule has 0 saturated carbocycles. The number of morpholine rings is 1. The minimum Gasteiger partial charge on any atom is -0.454 e. The first-order valence-electron chi connectivity index (χ1n) is 9.57. The summed E-state index contributed by atoms with van der Waals surface area (Å²) in [5, 5.41) is 5.24. The number of amides is 2. The third-order valence-corrected chi connectivity index (χ3v) is 4.87. The van der Waals surface area contributed by atoms with E-state index in [4.69, 9.17) is 14.2 Å². The van der Waals surface area contributed by atoms with Crippen molar-refractivity contribution in [3.05, 3.63) is 54.1 Å². The van der Waals surface area contributed by atoms with Gasteiger partial charge < -0.3 is 24.8 Å². The van der Waals surface area contributed by atoms with Crippen LogP contribution in [0.15, 0.2) is 48.5 Å². The molecule has 29 heavy (non-hydrogen) atoms. The second kappa shape index (κ2) is 8.93. The van der Waals surface area contributed by atoms with Gasteiger partial charge in [-0.25, -0.2) is 0 Å². The minimum absolute atomic E-state index is 0.0231. The number of rotatable bonds is 5. The van der Waals surface area contributed by atoms with Gasteiger partial charge in [-0.3, -0.25) is 14.5 Å². The van der Waals surface area contributed by atoms with E-state index in [2.05, 4.69) is 27.7 Å². The minimum atomic E-state index is -0.715. The van der Waals surface area contributed by atoms with E-state index in [1.165, 1.54) is 0 Å². The number of benzene rings is 2. The largest absolute Gasteiger partial charge is 0.454 e. The fourth-order valence-corrected chi connectivity index (χ4v) is 3.34. The summed E-state index contributed by atoms with van der Waals surface area (Å²) in [6.07, 6.45) is 0.0231. The number of carbonyl (C=O) groups is 2. The lowest BCUT2D eigenvalue weighted by Crippen LogP contribution is -2.44. The standard InChI is InChI=1S/C21H23N3O5/c25-20(21(26)23-16-6-7-17-18(12-16)29-14-28-17)22-8-9-24-10-11-27-19(13-24)15-4-2-1-3-5-15/h1-7,12,19H,8-11,13-14H2,(H,22,25)(H,23,26). The van der Waals surface area contributed by atoms with Crippen molar-refractivity contribution in [2.75, 3.05) is 44.9 Å². The Kier molecular flexibility index (Phi) is 5.92. The van der Waals surface area contributed by atoms with E-state index < -0.39 is 11.8 Å². The number of ether oxygens (including phenoxy) is 3. The average molecular weight is 397 g/mol. The summed E-state index contributed by atoms with van der Waals surface area (Å²) < 4.78 is 16.3. The van der Waals surface area contributed by atoms with E-state index in [0.29, 0.717) is 36.9 Å². The van der Waals surface area contributed by atoms with Gasteiger partial charge in [-0.1, -0.05) is 30.3 Å². The molecular formula is C21H23N3O5. The highest BCUT2D eigenvalue weighted by molar-refractivity contribution is 6.39. The van der Waals surface area contributed by atoms with Crippen LogP contribution in [0.3, 0.4) is 0 Å². The van der Waals surface area contributed by atoms with Crippen LogP contribution in [0.2, 0.25) is 0 Å². The Morgan fingerprint density at radius 2 is 1.86 bits per heavy atom. The first-order valence-corrected chi connectivity index (χ1v) is 9.57. The maximum absolute atomic E-state index is 12.1. The number of nitrogens with one attached hydrogen (secondary N) is 2. The third kappa shape index (κ3) is 4.85. The van der Waals surface area contributed by atoms with Crippen molar-refractivity contribution in [3.8, 4) is 11.5 Å². The Morgan fingerprint density at radius 3 is 2.72 bits per heavy atom. The van der Waals surface area contributed by atoms with Crippen LogP contribution >= 0.6 is 0 Å². The molecule has 1 unspecified atom stereocenters. The molecule has 1 saturated heterocycles. The molecular weight excluding hydrogens is 374 g/mol. The fourth-order valence-electron chi connectivity index (χ4n) is 3.34. The number of hydrogen-bond donors (Lipinski definition) is 2. The summed E-state index contributed by atoms with van der Waals surface area (Å²) in [6.45, 7) is 3.37. The molecule has 1 atom stereocenters. The second-order valence-corrected chi connectivity index (χ2v) is 6.85. The molecule has 2 aromatic rings. The Labute approximate surface area is 168 Å². The van der Waals surface area contributed by atoms with Crippen molar-refractivity contribution < 1.29 is 23.8 Å². The van der Waals surface area contributed by atoms with E-state index in [0.717, 1.165) is 18.7 Å². The van der Waals surface area contributed by atoms with E-state index in [1.807, 2.05) is 18.2 Å². The van der Waals surface area contributed by atoms with Crippen LogP contribution in [0.5, 0.6) is 11.5 Å². The van der Waals surface area contributed by atoms with Crippen LogP contribution < -0.4 is 20.1 Å². The quantitative estimate of drug-likeness (QED) is 0.744. The Bertz CT molecular complexity index is 874. The van der Waals surface area contributed by atoms with Crippen molar-refractivity contribution in [1.29, 1.82) is 0 Å². The number of carbonyl (C=O) groups excluding carboxylic acids is 2. The molecule has 2 aliphatic rings. The van der Waals surface area contributed by atoms with Gasteiger partial charge in [0.2, 0.25) is 6.79 Å².